The molecule has 0 aliphatic heterocycles. The molecular weight excluding hydrogens is 437 g/mol. The van der Waals surface area contributed by atoms with E-state index < -0.39 is 11.7 Å². The maximum atomic E-state index is 12.9. The molecule has 0 aliphatic carbocycles. The van der Waals surface area contributed by atoms with Crippen LogP contribution in [0.25, 0.3) is 16.6 Å². The van der Waals surface area contributed by atoms with Crippen LogP contribution in [0.3, 0.4) is 0 Å². The molecule has 33 heavy (non-hydrogen) atoms. The summed E-state index contributed by atoms with van der Waals surface area (Å²) < 4.78 is 50.6. The number of rotatable bonds is 8. The summed E-state index contributed by atoms with van der Waals surface area (Å²) in [6.45, 7) is 1.73. The number of ether oxygens (including phenoxy) is 2. The Morgan fingerprint density at radius 3 is 2.45 bits per heavy atom. The van der Waals surface area contributed by atoms with Crippen LogP contribution in [0.15, 0.2) is 42.5 Å². The first-order chi connectivity index (χ1) is 15.8. The number of nitrogens with two attached hydrogens (primary N) is 1. The smallest absolute Gasteiger partial charge is 0.416 e. The second kappa shape index (κ2) is 9.20. The molecule has 0 spiro atoms. The number of nitrogens with zero attached hydrogens (tertiary/aromatic N) is 5. The van der Waals surface area contributed by atoms with E-state index in [4.69, 9.17) is 15.2 Å². The molecule has 0 fully saturated rings. The molecule has 0 saturated carbocycles. The molecule has 4 rings (SSSR count). The highest BCUT2D eigenvalue weighted by Gasteiger charge is 2.30. The number of alkyl halides is 3. The average molecular weight is 460 g/mol. The summed E-state index contributed by atoms with van der Waals surface area (Å²) in [7, 11) is 3.15. The van der Waals surface area contributed by atoms with Gasteiger partial charge in [0.1, 0.15) is 11.3 Å². The van der Waals surface area contributed by atoms with Gasteiger partial charge in [-0.3, -0.25) is 4.90 Å². The molecule has 0 atom stereocenters. The highest BCUT2D eigenvalue weighted by atomic mass is 19.4. The van der Waals surface area contributed by atoms with Gasteiger partial charge in [-0.15, -0.1) is 5.10 Å². The van der Waals surface area contributed by atoms with Gasteiger partial charge in [-0.1, -0.05) is 18.2 Å². The molecule has 8 nitrogen and oxygen atoms in total. The molecule has 0 saturated heterocycles. The zero-order valence-corrected chi connectivity index (χ0v) is 18.1. The van der Waals surface area contributed by atoms with Crippen LogP contribution < -0.4 is 10.5 Å². The molecular formula is C22H23F3N6O2. The van der Waals surface area contributed by atoms with Crippen molar-refractivity contribution in [3.05, 3.63) is 59.4 Å². The number of para-hydroxylation sites is 1. The lowest BCUT2D eigenvalue weighted by Crippen LogP contribution is -2.27. The van der Waals surface area contributed by atoms with Crippen molar-refractivity contribution >= 4 is 22.5 Å². The second-order valence-electron chi connectivity index (χ2n) is 7.49. The monoisotopic (exact) mass is 460 g/mol. The Labute approximate surface area is 187 Å². The van der Waals surface area contributed by atoms with Crippen LogP contribution in [0.1, 0.15) is 17.0 Å². The first-order valence-corrected chi connectivity index (χ1v) is 10.2. The Kier molecular flexibility index (Phi) is 6.34. The Balaban J connectivity index is 1.63. The van der Waals surface area contributed by atoms with E-state index in [9.17, 15) is 13.2 Å². The Hall–Kier alpha value is -3.44. The molecule has 2 N–H and O–H groups in total. The first kappa shape index (κ1) is 22.7. The third-order valence-corrected chi connectivity index (χ3v) is 5.22. The maximum absolute atomic E-state index is 12.9. The minimum atomic E-state index is -4.37. The van der Waals surface area contributed by atoms with Gasteiger partial charge in [0.2, 0.25) is 5.95 Å². The molecule has 2 aromatic carbocycles. The van der Waals surface area contributed by atoms with Crippen LogP contribution in [0.2, 0.25) is 0 Å². The van der Waals surface area contributed by atoms with Crippen LogP contribution >= 0.6 is 0 Å². The van der Waals surface area contributed by atoms with E-state index in [2.05, 4.69) is 15.1 Å². The van der Waals surface area contributed by atoms with E-state index in [0.717, 1.165) is 23.1 Å². The number of methoxy groups -OCH3 is 2. The predicted octanol–water partition coefficient (Wildman–Crippen LogP) is 3.54. The van der Waals surface area contributed by atoms with Crippen LogP contribution in [0.5, 0.6) is 5.75 Å². The average Bonchev–Trinajstić information content (AvgIpc) is 3.21. The fourth-order valence-electron chi connectivity index (χ4n) is 3.59. The fraction of sp³-hybridized carbons (Fsp3) is 0.318. The largest absolute Gasteiger partial charge is 0.494 e. The summed E-state index contributed by atoms with van der Waals surface area (Å²) in [6, 6.07) is 10.6. The molecule has 0 bridgehead atoms. The van der Waals surface area contributed by atoms with Crippen LogP contribution in [0.4, 0.5) is 19.1 Å². The van der Waals surface area contributed by atoms with Gasteiger partial charge >= 0.3 is 6.18 Å². The summed E-state index contributed by atoms with van der Waals surface area (Å²) in [5.41, 5.74) is 7.30. The van der Waals surface area contributed by atoms with Crippen molar-refractivity contribution in [2.45, 2.75) is 19.3 Å². The van der Waals surface area contributed by atoms with Crippen LogP contribution in [-0.2, 0) is 24.0 Å². The number of halogens is 3. The van der Waals surface area contributed by atoms with Crippen LogP contribution in [-0.4, -0.2) is 51.9 Å². The van der Waals surface area contributed by atoms with Gasteiger partial charge in [-0.25, -0.2) is 9.97 Å². The van der Waals surface area contributed by atoms with Gasteiger partial charge in [-0.05, 0) is 29.8 Å². The minimum Gasteiger partial charge on any atom is -0.494 e. The van der Waals surface area contributed by atoms with Gasteiger partial charge in [0.05, 0.1) is 25.8 Å². The summed E-state index contributed by atoms with van der Waals surface area (Å²) in [5.74, 6) is 1.25. The number of fused-ring (bicyclic) bond motifs is 3. The summed E-state index contributed by atoms with van der Waals surface area (Å²) in [5, 5.41) is 5.24. The van der Waals surface area contributed by atoms with Crippen molar-refractivity contribution < 1.29 is 22.6 Å². The van der Waals surface area contributed by atoms with Gasteiger partial charge in [-0.2, -0.15) is 17.7 Å². The number of nitrogen functional groups attached to an aromatic ring is 1. The maximum Gasteiger partial charge on any atom is 0.416 e. The van der Waals surface area contributed by atoms with Gasteiger partial charge in [0.15, 0.2) is 11.5 Å². The van der Waals surface area contributed by atoms with E-state index in [1.54, 1.807) is 20.3 Å². The molecule has 174 valence electrons. The third kappa shape index (κ3) is 4.83. The minimum absolute atomic E-state index is 0.173. The molecule has 0 aliphatic rings. The van der Waals surface area contributed by atoms with Crippen molar-refractivity contribution in [2.75, 3.05) is 33.1 Å². The number of hydrogen-bond donors (Lipinski definition) is 1. The van der Waals surface area contributed by atoms with Crippen LogP contribution in [0, 0.1) is 0 Å². The first-order valence-electron chi connectivity index (χ1n) is 10.2. The normalized spacial score (nSPS) is 12.2. The van der Waals surface area contributed by atoms with Crippen molar-refractivity contribution in [3.8, 4) is 5.75 Å². The summed E-state index contributed by atoms with van der Waals surface area (Å²) >= 11 is 0. The lowest BCUT2D eigenvalue weighted by atomic mass is 10.1. The standard InChI is InChI=1S/C22H23F3N6O2/c1-32-11-10-30(12-14-6-8-15(9-7-14)22(23,24)25)13-18-27-20-16-4-3-5-17(33-2)19(16)28-21(26)31(20)29-18/h3-9H,10-13H2,1-2H3,(H2,26,28). The fourth-order valence-corrected chi connectivity index (χ4v) is 3.59. The zero-order valence-electron chi connectivity index (χ0n) is 18.1. The summed E-state index contributed by atoms with van der Waals surface area (Å²) in [4.78, 5) is 11.1. The highest BCUT2D eigenvalue weighted by molar-refractivity contribution is 5.95. The van der Waals surface area contributed by atoms with Crippen molar-refractivity contribution in [1.82, 2.24) is 24.5 Å². The molecule has 0 unspecified atom stereocenters. The van der Waals surface area contributed by atoms with E-state index in [-0.39, 0.29) is 5.95 Å². The highest BCUT2D eigenvalue weighted by Crippen LogP contribution is 2.30. The van der Waals surface area contributed by atoms with Gasteiger partial charge in [0, 0.05) is 25.6 Å². The number of hydrogen-bond acceptors (Lipinski definition) is 7. The number of aromatic nitrogens is 4. The quantitative estimate of drug-likeness (QED) is 0.430. The molecule has 0 amide bonds. The zero-order chi connectivity index (χ0) is 23.6. The predicted molar refractivity (Wildman–Crippen MR) is 117 cm³/mol. The summed E-state index contributed by atoms with van der Waals surface area (Å²) in [6.07, 6.45) is -4.37. The third-order valence-electron chi connectivity index (χ3n) is 5.22. The number of benzene rings is 2. The molecule has 11 heteroatoms. The molecule has 0 radical (unpaired) electrons. The number of anilines is 1. The van der Waals surface area contributed by atoms with Crippen molar-refractivity contribution in [3.63, 3.8) is 0 Å². The lowest BCUT2D eigenvalue weighted by molar-refractivity contribution is -0.137. The van der Waals surface area contributed by atoms with E-state index >= 15 is 0 Å². The molecule has 2 heterocycles. The van der Waals surface area contributed by atoms with Gasteiger partial charge < -0.3 is 15.2 Å². The lowest BCUT2D eigenvalue weighted by Gasteiger charge is -2.20. The van der Waals surface area contributed by atoms with E-state index in [1.165, 1.54) is 16.6 Å². The Bertz CT molecular complexity index is 1260. The van der Waals surface area contributed by atoms with Crippen molar-refractivity contribution in [1.29, 1.82) is 0 Å². The second-order valence-corrected chi connectivity index (χ2v) is 7.49. The van der Waals surface area contributed by atoms with E-state index in [0.29, 0.717) is 49.0 Å². The molecule has 2 aromatic heterocycles. The Morgan fingerprint density at radius 1 is 1.03 bits per heavy atom. The van der Waals surface area contributed by atoms with Gasteiger partial charge in [0.25, 0.3) is 0 Å². The topological polar surface area (TPSA) is 90.8 Å². The van der Waals surface area contributed by atoms with E-state index in [1.807, 2.05) is 17.0 Å². The SMILES string of the molecule is COCCN(Cc1ccc(C(F)(F)F)cc1)Cc1nc2c3cccc(OC)c3nc(N)n2n1. The molecule has 4 aromatic rings. The Morgan fingerprint density at radius 2 is 1.79 bits per heavy atom. The van der Waals surface area contributed by atoms with Crippen molar-refractivity contribution in [2.24, 2.45) is 0 Å².